The number of rotatable bonds is 3. The lowest BCUT2D eigenvalue weighted by molar-refractivity contribution is 0.0604. The van der Waals surface area contributed by atoms with Crippen LogP contribution in [-0.2, 0) is 4.74 Å². The maximum absolute atomic E-state index is 12.5. The minimum atomic E-state index is -0.298. The predicted molar refractivity (Wildman–Crippen MR) is 70.6 cm³/mol. The maximum Gasteiger partial charge on any atom is 0.256 e. The van der Waals surface area contributed by atoms with Crippen LogP contribution in [0.4, 0.5) is 0 Å². The van der Waals surface area contributed by atoms with Crippen LogP contribution in [-0.4, -0.2) is 43.9 Å². The van der Waals surface area contributed by atoms with E-state index in [-0.39, 0.29) is 11.4 Å². The SMILES string of the molecule is COc1cc(OC)cc(C(=O)N2COCC2(C)C)c1. The highest BCUT2D eigenvalue weighted by atomic mass is 16.5. The molecule has 5 nitrogen and oxygen atoms in total. The summed E-state index contributed by atoms with van der Waals surface area (Å²) in [6, 6.07) is 5.15. The Balaban J connectivity index is 2.33. The van der Waals surface area contributed by atoms with E-state index in [1.807, 2.05) is 13.8 Å². The van der Waals surface area contributed by atoms with E-state index >= 15 is 0 Å². The quantitative estimate of drug-likeness (QED) is 0.837. The summed E-state index contributed by atoms with van der Waals surface area (Å²) >= 11 is 0. The van der Waals surface area contributed by atoms with Gasteiger partial charge < -0.3 is 19.1 Å². The van der Waals surface area contributed by atoms with Gasteiger partial charge >= 0.3 is 0 Å². The van der Waals surface area contributed by atoms with Gasteiger partial charge in [0, 0.05) is 11.6 Å². The first kappa shape index (κ1) is 13.7. The first-order valence-electron chi connectivity index (χ1n) is 6.11. The molecule has 0 unspecified atom stereocenters. The molecule has 0 aromatic heterocycles. The Labute approximate surface area is 113 Å². The number of amides is 1. The number of benzene rings is 1. The molecule has 1 aliphatic rings. The summed E-state index contributed by atoms with van der Waals surface area (Å²) in [5.74, 6) is 1.11. The highest BCUT2D eigenvalue weighted by molar-refractivity contribution is 5.95. The smallest absolute Gasteiger partial charge is 0.256 e. The van der Waals surface area contributed by atoms with Crippen molar-refractivity contribution < 1.29 is 19.0 Å². The van der Waals surface area contributed by atoms with Crippen molar-refractivity contribution in [3.63, 3.8) is 0 Å². The van der Waals surface area contributed by atoms with Gasteiger partial charge in [-0.25, -0.2) is 0 Å². The second-order valence-corrected chi connectivity index (χ2v) is 5.12. The average molecular weight is 265 g/mol. The van der Waals surface area contributed by atoms with Crippen molar-refractivity contribution in [3.8, 4) is 11.5 Å². The van der Waals surface area contributed by atoms with Gasteiger partial charge in [0.25, 0.3) is 5.91 Å². The molecule has 0 radical (unpaired) electrons. The molecule has 1 aliphatic heterocycles. The fourth-order valence-corrected chi connectivity index (χ4v) is 2.06. The minimum absolute atomic E-state index is 0.0836. The number of methoxy groups -OCH3 is 2. The Kier molecular flexibility index (Phi) is 3.66. The van der Waals surface area contributed by atoms with Crippen LogP contribution in [0.25, 0.3) is 0 Å². The van der Waals surface area contributed by atoms with Gasteiger partial charge in [-0.1, -0.05) is 0 Å². The molecular weight excluding hydrogens is 246 g/mol. The predicted octanol–water partition coefficient (Wildman–Crippen LogP) is 1.91. The van der Waals surface area contributed by atoms with Gasteiger partial charge in [-0.3, -0.25) is 4.79 Å². The van der Waals surface area contributed by atoms with Gasteiger partial charge in [-0.05, 0) is 26.0 Å². The Morgan fingerprint density at radius 2 is 1.79 bits per heavy atom. The van der Waals surface area contributed by atoms with Gasteiger partial charge in [0.1, 0.15) is 18.2 Å². The zero-order valence-corrected chi connectivity index (χ0v) is 11.7. The first-order chi connectivity index (χ1) is 8.97. The largest absolute Gasteiger partial charge is 0.497 e. The highest BCUT2D eigenvalue weighted by Gasteiger charge is 2.37. The molecule has 1 aromatic carbocycles. The summed E-state index contributed by atoms with van der Waals surface area (Å²) in [7, 11) is 3.12. The van der Waals surface area contributed by atoms with Crippen molar-refractivity contribution >= 4 is 5.91 Å². The number of hydrogen-bond acceptors (Lipinski definition) is 4. The van der Waals surface area contributed by atoms with E-state index in [1.165, 1.54) is 0 Å². The third kappa shape index (κ3) is 2.66. The summed E-state index contributed by atoms with van der Waals surface area (Å²) in [6.07, 6.45) is 0. The molecule has 1 saturated heterocycles. The molecule has 19 heavy (non-hydrogen) atoms. The standard InChI is InChI=1S/C14H19NO4/c1-14(2)8-19-9-15(14)13(16)10-5-11(17-3)7-12(6-10)18-4/h5-7H,8-9H2,1-4H3. The molecule has 0 saturated carbocycles. The summed E-state index contributed by atoms with van der Waals surface area (Å²) in [5.41, 5.74) is 0.239. The van der Waals surface area contributed by atoms with Gasteiger partial charge in [0.15, 0.2) is 0 Å². The van der Waals surface area contributed by atoms with Crippen LogP contribution < -0.4 is 9.47 Å². The molecule has 1 heterocycles. The topological polar surface area (TPSA) is 48.0 Å². The van der Waals surface area contributed by atoms with Crippen LogP contribution in [0.5, 0.6) is 11.5 Å². The third-order valence-corrected chi connectivity index (χ3v) is 3.25. The van der Waals surface area contributed by atoms with Crippen molar-refractivity contribution in [2.24, 2.45) is 0 Å². The second kappa shape index (κ2) is 5.09. The van der Waals surface area contributed by atoms with Crippen molar-refractivity contribution in [3.05, 3.63) is 23.8 Å². The van der Waals surface area contributed by atoms with Crippen molar-refractivity contribution in [2.75, 3.05) is 27.6 Å². The molecular formula is C14H19NO4. The van der Waals surface area contributed by atoms with E-state index in [9.17, 15) is 4.79 Å². The zero-order valence-electron chi connectivity index (χ0n) is 11.7. The molecule has 1 amide bonds. The van der Waals surface area contributed by atoms with E-state index in [1.54, 1.807) is 37.3 Å². The fraction of sp³-hybridized carbons (Fsp3) is 0.500. The lowest BCUT2D eigenvalue weighted by Crippen LogP contribution is -2.44. The maximum atomic E-state index is 12.5. The molecule has 0 bridgehead atoms. The lowest BCUT2D eigenvalue weighted by Gasteiger charge is -2.29. The first-order valence-corrected chi connectivity index (χ1v) is 6.11. The molecule has 104 valence electrons. The molecule has 1 aromatic rings. The molecule has 1 fully saturated rings. The molecule has 5 heteroatoms. The normalized spacial score (nSPS) is 17.4. The van der Waals surface area contributed by atoms with Crippen LogP contribution in [0, 0.1) is 0 Å². The van der Waals surface area contributed by atoms with Crippen LogP contribution >= 0.6 is 0 Å². The zero-order chi connectivity index (χ0) is 14.0. The van der Waals surface area contributed by atoms with Crippen molar-refractivity contribution in [2.45, 2.75) is 19.4 Å². The van der Waals surface area contributed by atoms with E-state index in [0.29, 0.717) is 30.4 Å². The average Bonchev–Trinajstić information content (AvgIpc) is 2.76. The summed E-state index contributed by atoms with van der Waals surface area (Å²) < 4.78 is 15.7. The molecule has 0 N–H and O–H groups in total. The highest BCUT2D eigenvalue weighted by Crippen LogP contribution is 2.28. The second-order valence-electron chi connectivity index (χ2n) is 5.12. The summed E-state index contributed by atoms with van der Waals surface area (Å²) in [4.78, 5) is 14.2. The van der Waals surface area contributed by atoms with Crippen molar-refractivity contribution in [1.29, 1.82) is 0 Å². The Morgan fingerprint density at radius 1 is 1.21 bits per heavy atom. The number of hydrogen-bond donors (Lipinski definition) is 0. The van der Waals surface area contributed by atoms with E-state index in [0.717, 1.165) is 0 Å². The number of ether oxygens (including phenoxy) is 3. The number of carbonyl (C=O) groups excluding carboxylic acids is 1. The van der Waals surface area contributed by atoms with Crippen LogP contribution in [0.1, 0.15) is 24.2 Å². The molecule has 0 spiro atoms. The fourth-order valence-electron chi connectivity index (χ4n) is 2.06. The van der Waals surface area contributed by atoms with E-state index < -0.39 is 0 Å². The minimum Gasteiger partial charge on any atom is -0.497 e. The van der Waals surface area contributed by atoms with Gasteiger partial charge in [-0.15, -0.1) is 0 Å². The number of carbonyl (C=O) groups is 1. The Bertz CT molecular complexity index is 462. The van der Waals surface area contributed by atoms with Gasteiger partial charge in [0.05, 0.1) is 26.4 Å². The summed E-state index contributed by atoms with van der Waals surface area (Å²) in [6.45, 7) is 4.82. The van der Waals surface area contributed by atoms with Crippen LogP contribution in [0.3, 0.4) is 0 Å². The number of nitrogens with zero attached hydrogens (tertiary/aromatic N) is 1. The van der Waals surface area contributed by atoms with E-state index in [2.05, 4.69) is 0 Å². The monoisotopic (exact) mass is 265 g/mol. The lowest BCUT2D eigenvalue weighted by atomic mass is 10.0. The van der Waals surface area contributed by atoms with Crippen LogP contribution in [0.2, 0.25) is 0 Å². The Hall–Kier alpha value is -1.75. The molecule has 0 aliphatic carbocycles. The summed E-state index contributed by atoms with van der Waals surface area (Å²) in [5, 5.41) is 0. The van der Waals surface area contributed by atoms with Crippen LogP contribution in [0.15, 0.2) is 18.2 Å². The van der Waals surface area contributed by atoms with E-state index in [4.69, 9.17) is 14.2 Å². The molecule has 0 atom stereocenters. The van der Waals surface area contributed by atoms with Gasteiger partial charge in [0.2, 0.25) is 0 Å². The van der Waals surface area contributed by atoms with Gasteiger partial charge in [-0.2, -0.15) is 0 Å². The van der Waals surface area contributed by atoms with Crippen molar-refractivity contribution in [1.82, 2.24) is 4.90 Å². The Morgan fingerprint density at radius 3 is 2.21 bits per heavy atom. The third-order valence-electron chi connectivity index (χ3n) is 3.25. The molecule has 2 rings (SSSR count).